The van der Waals surface area contributed by atoms with Gasteiger partial charge in [0.2, 0.25) is 11.8 Å². The summed E-state index contributed by atoms with van der Waals surface area (Å²) in [4.78, 5) is 49.2. The number of carboxylic acids is 1. The van der Waals surface area contributed by atoms with Gasteiger partial charge in [0.05, 0.1) is 0 Å². The molecule has 1 fully saturated rings. The zero-order valence-corrected chi connectivity index (χ0v) is 16.5. The summed E-state index contributed by atoms with van der Waals surface area (Å²) in [5, 5.41) is 14.2. The molecule has 0 saturated carbocycles. The van der Waals surface area contributed by atoms with E-state index in [2.05, 4.69) is 10.6 Å². The number of nitrogens with zero attached hydrogens (tertiary/aromatic N) is 1. The first-order valence-electron chi connectivity index (χ1n) is 9.34. The Labute approximate surface area is 159 Å². The van der Waals surface area contributed by atoms with Gasteiger partial charge in [0.1, 0.15) is 24.2 Å². The van der Waals surface area contributed by atoms with Crippen molar-refractivity contribution < 1.29 is 29.0 Å². The molecular formula is C18H31N3O6. The van der Waals surface area contributed by atoms with E-state index in [1.165, 1.54) is 4.90 Å². The average Bonchev–Trinajstić information content (AvgIpc) is 3.04. The summed E-state index contributed by atoms with van der Waals surface area (Å²) < 4.78 is 5.06. The molecule has 0 aromatic rings. The molecule has 9 nitrogen and oxygen atoms in total. The van der Waals surface area contributed by atoms with Gasteiger partial charge in [-0.1, -0.05) is 19.8 Å². The van der Waals surface area contributed by atoms with Crippen LogP contribution < -0.4 is 10.6 Å². The molecule has 0 bridgehead atoms. The molecule has 0 spiro atoms. The Balaban J connectivity index is 2.65. The number of hydrogen-bond donors (Lipinski definition) is 3. The number of carboxylic acid groups (broad SMARTS) is 1. The first-order chi connectivity index (χ1) is 12.5. The topological polar surface area (TPSA) is 125 Å². The molecule has 1 aliphatic heterocycles. The SMILES string of the molecule is CCCC[C@H](NC(=O)CNC(=O)OC(C)(C)C)C(=O)N1CCC[C@H]1C(=O)O. The van der Waals surface area contributed by atoms with Gasteiger partial charge in [-0.15, -0.1) is 0 Å². The Hall–Kier alpha value is -2.32. The molecule has 3 N–H and O–H groups in total. The van der Waals surface area contributed by atoms with Gasteiger partial charge in [-0.3, -0.25) is 9.59 Å². The van der Waals surface area contributed by atoms with Crippen LogP contribution >= 0.6 is 0 Å². The lowest BCUT2D eigenvalue weighted by atomic mass is 10.1. The van der Waals surface area contributed by atoms with Crippen LogP contribution in [-0.2, 0) is 19.1 Å². The number of carbonyl (C=O) groups is 4. The van der Waals surface area contributed by atoms with Gasteiger partial charge in [0.15, 0.2) is 0 Å². The average molecular weight is 385 g/mol. The smallest absolute Gasteiger partial charge is 0.408 e. The van der Waals surface area contributed by atoms with E-state index in [-0.39, 0.29) is 12.5 Å². The van der Waals surface area contributed by atoms with Crippen LogP contribution in [0.2, 0.25) is 0 Å². The van der Waals surface area contributed by atoms with E-state index in [4.69, 9.17) is 4.74 Å². The van der Waals surface area contributed by atoms with Crippen molar-refractivity contribution in [2.45, 2.75) is 77.5 Å². The van der Waals surface area contributed by atoms with Crippen molar-refractivity contribution in [1.29, 1.82) is 0 Å². The summed E-state index contributed by atoms with van der Waals surface area (Å²) in [5.74, 6) is -1.95. The predicted octanol–water partition coefficient (Wildman–Crippen LogP) is 1.26. The minimum absolute atomic E-state index is 0.326. The third-order valence-corrected chi connectivity index (χ3v) is 4.09. The highest BCUT2D eigenvalue weighted by Crippen LogP contribution is 2.19. The Kier molecular flexibility index (Phi) is 8.52. The lowest BCUT2D eigenvalue weighted by Gasteiger charge is -2.27. The van der Waals surface area contributed by atoms with Crippen LogP contribution in [0.25, 0.3) is 0 Å². The van der Waals surface area contributed by atoms with Gasteiger partial charge in [-0.2, -0.15) is 0 Å². The van der Waals surface area contributed by atoms with Gasteiger partial charge in [0.25, 0.3) is 0 Å². The van der Waals surface area contributed by atoms with E-state index in [0.717, 1.165) is 6.42 Å². The number of ether oxygens (including phenoxy) is 1. The third-order valence-electron chi connectivity index (χ3n) is 4.09. The number of hydrogen-bond acceptors (Lipinski definition) is 5. The minimum Gasteiger partial charge on any atom is -0.480 e. The number of rotatable bonds is 8. The van der Waals surface area contributed by atoms with Crippen molar-refractivity contribution in [3.63, 3.8) is 0 Å². The lowest BCUT2D eigenvalue weighted by Crippen LogP contribution is -2.53. The van der Waals surface area contributed by atoms with Crippen LogP contribution in [0.1, 0.15) is 59.8 Å². The van der Waals surface area contributed by atoms with Crippen molar-refractivity contribution in [2.75, 3.05) is 13.1 Å². The molecular weight excluding hydrogens is 354 g/mol. The summed E-state index contributed by atoms with van der Waals surface area (Å²) in [6.45, 7) is 7.13. The second kappa shape index (κ2) is 10.1. The second-order valence-corrected chi connectivity index (χ2v) is 7.65. The van der Waals surface area contributed by atoms with Crippen molar-refractivity contribution in [1.82, 2.24) is 15.5 Å². The summed E-state index contributed by atoms with van der Waals surface area (Å²) in [7, 11) is 0. The van der Waals surface area contributed by atoms with Crippen LogP contribution in [-0.4, -0.2) is 64.7 Å². The van der Waals surface area contributed by atoms with Gasteiger partial charge in [0, 0.05) is 6.54 Å². The number of carbonyl (C=O) groups excluding carboxylic acids is 3. The maximum Gasteiger partial charge on any atom is 0.408 e. The Bertz CT molecular complexity index is 558. The number of alkyl carbamates (subject to hydrolysis) is 1. The molecule has 154 valence electrons. The first-order valence-corrected chi connectivity index (χ1v) is 9.34. The molecule has 3 amide bonds. The maximum absolute atomic E-state index is 12.8. The Morgan fingerprint density at radius 2 is 1.93 bits per heavy atom. The number of aliphatic carboxylic acids is 1. The molecule has 9 heteroatoms. The molecule has 1 rings (SSSR count). The molecule has 1 aliphatic rings. The summed E-state index contributed by atoms with van der Waals surface area (Å²) >= 11 is 0. The molecule has 0 aliphatic carbocycles. The number of likely N-dealkylation sites (tertiary alicyclic amines) is 1. The highest BCUT2D eigenvalue weighted by molar-refractivity contribution is 5.91. The molecule has 1 heterocycles. The number of amides is 3. The van der Waals surface area contributed by atoms with E-state index in [1.54, 1.807) is 20.8 Å². The van der Waals surface area contributed by atoms with E-state index in [0.29, 0.717) is 32.2 Å². The highest BCUT2D eigenvalue weighted by Gasteiger charge is 2.37. The fourth-order valence-corrected chi connectivity index (χ4v) is 2.87. The summed E-state index contributed by atoms with van der Waals surface area (Å²) in [5.41, 5.74) is -0.679. The van der Waals surface area contributed by atoms with Crippen LogP contribution in [0, 0.1) is 0 Å². The molecule has 2 atom stereocenters. The third kappa shape index (κ3) is 7.84. The molecule has 0 radical (unpaired) electrons. The van der Waals surface area contributed by atoms with Gasteiger partial charge in [-0.05, 0) is 40.0 Å². The largest absolute Gasteiger partial charge is 0.480 e. The van der Waals surface area contributed by atoms with Gasteiger partial charge in [-0.25, -0.2) is 9.59 Å². The quantitative estimate of drug-likeness (QED) is 0.578. The molecule has 0 aromatic heterocycles. The second-order valence-electron chi connectivity index (χ2n) is 7.65. The Morgan fingerprint density at radius 3 is 2.48 bits per heavy atom. The van der Waals surface area contributed by atoms with Crippen molar-refractivity contribution in [2.24, 2.45) is 0 Å². The van der Waals surface area contributed by atoms with Crippen molar-refractivity contribution in [3.05, 3.63) is 0 Å². The van der Waals surface area contributed by atoms with E-state index in [9.17, 15) is 24.3 Å². The molecule has 0 aromatic carbocycles. The van der Waals surface area contributed by atoms with Crippen molar-refractivity contribution >= 4 is 23.9 Å². The van der Waals surface area contributed by atoms with Crippen LogP contribution in [0.3, 0.4) is 0 Å². The zero-order chi connectivity index (χ0) is 20.6. The minimum atomic E-state index is -1.03. The fourth-order valence-electron chi connectivity index (χ4n) is 2.87. The molecule has 1 saturated heterocycles. The number of unbranched alkanes of at least 4 members (excludes halogenated alkanes) is 1. The number of nitrogens with one attached hydrogen (secondary N) is 2. The zero-order valence-electron chi connectivity index (χ0n) is 16.5. The van der Waals surface area contributed by atoms with Crippen LogP contribution in [0.4, 0.5) is 4.79 Å². The molecule has 27 heavy (non-hydrogen) atoms. The maximum atomic E-state index is 12.8. The van der Waals surface area contributed by atoms with Crippen LogP contribution in [0.5, 0.6) is 0 Å². The van der Waals surface area contributed by atoms with Gasteiger partial charge < -0.3 is 25.4 Å². The predicted molar refractivity (Wildman–Crippen MR) is 98.1 cm³/mol. The highest BCUT2D eigenvalue weighted by atomic mass is 16.6. The standard InChI is InChI=1S/C18H31N3O6/c1-5-6-8-12(15(23)21-10-7-9-13(21)16(24)25)20-14(22)11-19-17(26)27-18(2,3)4/h12-13H,5-11H2,1-4H3,(H,19,26)(H,20,22)(H,24,25)/t12-,13-/m0/s1. The van der Waals surface area contributed by atoms with Gasteiger partial charge >= 0.3 is 12.1 Å². The lowest BCUT2D eigenvalue weighted by molar-refractivity contribution is -0.149. The monoisotopic (exact) mass is 385 g/mol. The molecule has 0 unspecified atom stereocenters. The normalized spacial score (nSPS) is 17.9. The van der Waals surface area contributed by atoms with Crippen LogP contribution in [0.15, 0.2) is 0 Å². The summed E-state index contributed by atoms with van der Waals surface area (Å²) in [6, 6.07) is -1.66. The summed E-state index contributed by atoms with van der Waals surface area (Å²) in [6.07, 6.45) is 2.27. The fraction of sp³-hybridized carbons (Fsp3) is 0.778. The van der Waals surface area contributed by atoms with Crippen molar-refractivity contribution in [3.8, 4) is 0 Å². The Morgan fingerprint density at radius 1 is 1.26 bits per heavy atom. The first kappa shape index (κ1) is 22.7. The van der Waals surface area contributed by atoms with E-state index >= 15 is 0 Å². The van der Waals surface area contributed by atoms with E-state index < -0.39 is 35.7 Å². The van der Waals surface area contributed by atoms with E-state index in [1.807, 2.05) is 6.92 Å².